The van der Waals surface area contributed by atoms with Gasteiger partial charge in [-0.2, -0.15) is 0 Å². The lowest BCUT2D eigenvalue weighted by molar-refractivity contribution is 0.373. The molecule has 3 aromatic rings. The molecule has 1 aliphatic heterocycles. The fourth-order valence-corrected chi connectivity index (χ4v) is 4.49. The summed E-state index contributed by atoms with van der Waals surface area (Å²) >= 11 is 1.81. The van der Waals surface area contributed by atoms with Gasteiger partial charge < -0.3 is 19.7 Å². The zero-order chi connectivity index (χ0) is 20.1. The minimum atomic E-state index is 0.772. The van der Waals surface area contributed by atoms with Gasteiger partial charge in [0.15, 0.2) is 5.96 Å². The van der Waals surface area contributed by atoms with Gasteiger partial charge in [0.2, 0.25) is 0 Å². The molecule has 0 bridgehead atoms. The summed E-state index contributed by atoms with van der Waals surface area (Å²) in [5.41, 5.74) is 2.54. The van der Waals surface area contributed by atoms with Crippen LogP contribution in [0.4, 0.5) is 5.00 Å². The molecule has 7 heteroatoms. The van der Waals surface area contributed by atoms with E-state index in [1.807, 2.05) is 37.7 Å². The molecule has 1 aliphatic rings. The molecule has 1 N–H and O–H groups in total. The summed E-state index contributed by atoms with van der Waals surface area (Å²) in [6.07, 6.45) is 3.88. The van der Waals surface area contributed by atoms with Crippen molar-refractivity contribution in [3.8, 4) is 0 Å². The minimum absolute atomic E-state index is 0.772. The van der Waals surface area contributed by atoms with Gasteiger partial charge in [-0.25, -0.2) is 4.98 Å². The number of hydrogen-bond donors (Lipinski definition) is 1. The third kappa shape index (κ3) is 4.79. The molecule has 0 unspecified atom stereocenters. The van der Waals surface area contributed by atoms with Gasteiger partial charge in [-0.15, -0.1) is 11.3 Å². The molecule has 1 saturated heterocycles. The Hall–Kier alpha value is -2.80. The second kappa shape index (κ2) is 9.13. The normalized spacial score (nSPS) is 15.0. The van der Waals surface area contributed by atoms with Crippen LogP contribution in [0.25, 0.3) is 0 Å². The summed E-state index contributed by atoms with van der Waals surface area (Å²) in [5.74, 6) is 2.02. The summed E-state index contributed by atoms with van der Waals surface area (Å²) in [4.78, 5) is 13.6. The summed E-state index contributed by atoms with van der Waals surface area (Å²) in [6, 6.07) is 13.0. The summed E-state index contributed by atoms with van der Waals surface area (Å²) in [7, 11) is 1.87. The van der Waals surface area contributed by atoms with Crippen LogP contribution in [-0.4, -0.2) is 53.6 Å². The van der Waals surface area contributed by atoms with Crippen LogP contribution < -0.4 is 10.2 Å². The molecule has 3 heterocycles. The zero-order valence-corrected chi connectivity index (χ0v) is 17.9. The first kappa shape index (κ1) is 19.5. The molecule has 0 saturated carbocycles. The third-order valence-corrected chi connectivity index (χ3v) is 6.26. The zero-order valence-electron chi connectivity index (χ0n) is 17.1. The van der Waals surface area contributed by atoms with Gasteiger partial charge in [-0.3, -0.25) is 4.99 Å². The number of imidazole rings is 1. The number of rotatable bonds is 5. The second-order valence-corrected chi connectivity index (χ2v) is 8.17. The molecule has 4 rings (SSSR count). The molecule has 0 atom stereocenters. The van der Waals surface area contributed by atoms with Crippen molar-refractivity contribution >= 4 is 22.3 Å². The Labute approximate surface area is 176 Å². The summed E-state index contributed by atoms with van der Waals surface area (Å²) in [6.45, 7) is 7.68. The minimum Gasteiger partial charge on any atom is -0.360 e. The summed E-state index contributed by atoms with van der Waals surface area (Å²) in [5, 5.41) is 7.05. The first-order valence-electron chi connectivity index (χ1n) is 10.0. The number of aryl methyl sites for hydroxylation is 1. The van der Waals surface area contributed by atoms with Crippen molar-refractivity contribution in [1.82, 2.24) is 19.8 Å². The lowest BCUT2D eigenvalue weighted by Gasteiger charge is -2.37. The number of nitrogens with one attached hydrogen (secondary N) is 1. The lowest BCUT2D eigenvalue weighted by atomic mass is 10.1. The molecule has 1 aromatic carbocycles. The second-order valence-electron chi connectivity index (χ2n) is 7.25. The average Bonchev–Trinajstić information content (AvgIpc) is 3.42. The lowest BCUT2D eigenvalue weighted by Crippen LogP contribution is -2.52. The Morgan fingerprint density at radius 3 is 2.66 bits per heavy atom. The van der Waals surface area contributed by atoms with E-state index >= 15 is 0 Å². The smallest absolute Gasteiger partial charge is 0.194 e. The third-order valence-electron chi connectivity index (χ3n) is 5.33. The highest BCUT2D eigenvalue weighted by atomic mass is 32.1. The standard InChI is InChI=1S/C22H28N6S/c1-18-24-8-9-28(18)17-20-6-3-5-19(15-20)16-25-22(23-2)27-12-10-26(11-13-27)21-7-4-14-29-21/h3-9,14-15H,10-13,16-17H2,1-2H3,(H,23,25). The van der Waals surface area contributed by atoms with Gasteiger partial charge in [0.1, 0.15) is 5.82 Å². The SMILES string of the molecule is CN=C(NCc1cccc(Cn2ccnc2C)c1)N1CCN(c2cccs2)CC1. The number of hydrogen-bond acceptors (Lipinski definition) is 4. The van der Waals surface area contributed by atoms with Crippen molar-refractivity contribution in [1.29, 1.82) is 0 Å². The maximum absolute atomic E-state index is 4.51. The average molecular weight is 409 g/mol. The Morgan fingerprint density at radius 1 is 1.14 bits per heavy atom. The molecular formula is C22H28N6S. The highest BCUT2D eigenvalue weighted by molar-refractivity contribution is 7.14. The van der Waals surface area contributed by atoms with E-state index in [2.05, 4.69) is 71.4 Å². The van der Waals surface area contributed by atoms with E-state index in [9.17, 15) is 0 Å². The van der Waals surface area contributed by atoms with Crippen molar-refractivity contribution in [3.05, 3.63) is 71.1 Å². The number of nitrogens with zero attached hydrogens (tertiary/aromatic N) is 5. The Kier molecular flexibility index (Phi) is 6.14. The molecule has 2 aromatic heterocycles. The fourth-order valence-electron chi connectivity index (χ4n) is 3.71. The van der Waals surface area contributed by atoms with Crippen molar-refractivity contribution in [3.63, 3.8) is 0 Å². The molecule has 0 aliphatic carbocycles. The van der Waals surface area contributed by atoms with E-state index < -0.39 is 0 Å². The fraction of sp³-hybridized carbons (Fsp3) is 0.364. The molecule has 0 spiro atoms. The van der Waals surface area contributed by atoms with Gasteiger partial charge in [0.25, 0.3) is 0 Å². The number of thiophene rings is 1. The number of aliphatic imine (C=N–C) groups is 1. The van der Waals surface area contributed by atoms with Crippen LogP contribution in [0, 0.1) is 6.92 Å². The molecule has 6 nitrogen and oxygen atoms in total. The van der Waals surface area contributed by atoms with E-state index in [1.54, 1.807) is 0 Å². The Bertz CT molecular complexity index is 938. The van der Waals surface area contributed by atoms with Gasteiger partial charge >= 0.3 is 0 Å². The van der Waals surface area contributed by atoms with Crippen LogP contribution in [0.5, 0.6) is 0 Å². The van der Waals surface area contributed by atoms with E-state index in [-0.39, 0.29) is 0 Å². The van der Waals surface area contributed by atoms with Crippen molar-refractivity contribution in [2.45, 2.75) is 20.0 Å². The highest BCUT2D eigenvalue weighted by Crippen LogP contribution is 2.22. The topological polar surface area (TPSA) is 48.7 Å². The van der Waals surface area contributed by atoms with Crippen LogP contribution in [0.3, 0.4) is 0 Å². The van der Waals surface area contributed by atoms with Gasteiger partial charge in [-0.1, -0.05) is 24.3 Å². The Morgan fingerprint density at radius 2 is 1.97 bits per heavy atom. The molecule has 0 radical (unpaired) electrons. The molecule has 0 amide bonds. The first-order valence-corrected chi connectivity index (χ1v) is 10.9. The van der Waals surface area contributed by atoms with E-state index in [0.29, 0.717) is 0 Å². The highest BCUT2D eigenvalue weighted by Gasteiger charge is 2.20. The van der Waals surface area contributed by atoms with Crippen LogP contribution in [0.1, 0.15) is 17.0 Å². The number of guanidine groups is 1. The Balaban J connectivity index is 1.32. The van der Waals surface area contributed by atoms with Crippen LogP contribution in [0.15, 0.2) is 59.2 Å². The van der Waals surface area contributed by atoms with Crippen molar-refractivity contribution < 1.29 is 0 Å². The van der Waals surface area contributed by atoms with Crippen molar-refractivity contribution in [2.75, 3.05) is 38.1 Å². The van der Waals surface area contributed by atoms with E-state index in [1.165, 1.54) is 16.1 Å². The van der Waals surface area contributed by atoms with Crippen LogP contribution in [0.2, 0.25) is 0 Å². The summed E-state index contributed by atoms with van der Waals surface area (Å²) < 4.78 is 2.17. The maximum Gasteiger partial charge on any atom is 0.194 e. The maximum atomic E-state index is 4.51. The quantitative estimate of drug-likeness (QED) is 0.520. The first-order chi connectivity index (χ1) is 14.2. The van der Waals surface area contributed by atoms with E-state index in [0.717, 1.165) is 51.1 Å². The van der Waals surface area contributed by atoms with Gasteiger partial charge in [0, 0.05) is 58.7 Å². The number of aromatic nitrogens is 2. The largest absolute Gasteiger partial charge is 0.360 e. The van der Waals surface area contributed by atoms with Crippen LogP contribution in [-0.2, 0) is 13.1 Å². The number of piperazine rings is 1. The van der Waals surface area contributed by atoms with E-state index in [4.69, 9.17) is 0 Å². The predicted molar refractivity (Wildman–Crippen MR) is 121 cm³/mol. The van der Waals surface area contributed by atoms with Crippen LogP contribution >= 0.6 is 11.3 Å². The number of anilines is 1. The molecule has 1 fully saturated rings. The number of benzene rings is 1. The predicted octanol–water partition coefficient (Wildman–Crippen LogP) is 3.20. The van der Waals surface area contributed by atoms with Crippen molar-refractivity contribution in [2.24, 2.45) is 4.99 Å². The van der Waals surface area contributed by atoms with Gasteiger partial charge in [0.05, 0.1) is 5.00 Å². The van der Waals surface area contributed by atoms with Gasteiger partial charge in [-0.05, 0) is 35.6 Å². The molecular weight excluding hydrogens is 380 g/mol. The molecule has 152 valence electrons. The monoisotopic (exact) mass is 408 g/mol. The molecule has 29 heavy (non-hydrogen) atoms.